The summed E-state index contributed by atoms with van der Waals surface area (Å²) in [6.07, 6.45) is 2.28. The molecular formula is C20H24ClN3OS. The smallest absolute Gasteiger partial charge is 0.254 e. The van der Waals surface area contributed by atoms with Crippen molar-refractivity contribution in [3.05, 3.63) is 51.7 Å². The maximum Gasteiger partial charge on any atom is 0.254 e. The van der Waals surface area contributed by atoms with Crippen LogP contribution in [0.2, 0.25) is 5.02 Å². The number of hydrogen-bond donors (Lipinski definition) is 0. The van der Waals surface area contributed by atoms with Crippen LogP contribution in [-0.2, 0) is 0 Å². The van der Waals surface area contributed by atoms with E-state index in [9.17, 15) is 4.79 Å². The van der Waals surface area contributed by atoms with Crippen LogP contribution in [-0.4, -0.2) is 61.0 Å². The molecule has 0 unspecified atom stereocenters. The van der Waals surface area contributed by atoms with Gasteiger partial charge in [0.25, 0.3) is 5.91 Å². The molecule has 2 aliphatic rings. The lowest BCUT2D eigenvalue weighted by Crippen LogP contribution is -2.55. The van der Waals surface area contributed by atoms with Crippen LogP contribution in [0.15, 0.2) is 41.1 Å². The molecule has 0 radical (unpaired) electrons. The third-order valence-electron chi connectivity index (χ3n) is 5.46. The third-order valence-corrected chi connectivity index (χ3v) is 6.37. The minimum Gasteiger partial charge on any atom is -0.369 e. The van der Waals surface area contributed by atoms with Crippen molar-refractivity contribution < 1.29 is 4.79 Å². The molecule has 2 saturated heterocycles. The Bertz CT molecular complexity index is 743. The van der Waals surface area contributed by atoms with Gasteiger partial charge < -0.3 is 9.80 Å². The second kappa shape index (κ2) is 7.99. The number of amides is 1. The maximum atomic E-state index is 12.7. The van der Waals surface area contributed by atoms with E-state index in [-0.39, 0.29) is 5.91 Å². The van der Waals surface area contributed by atoms with Crippen molar-refractivity contribution >= 4 is 34.5 Å². The number of thiophene rings is 1. The second-order valence-corrected chi connectivity index (χ2v) is 8.28. The Morgan fingerprint density at radius 3 is 2.69 bits per heavy atom. The summed E-state index contributed by atoms with van der Waals surface area (Å²) in [6, 6.07) is 10.5. The molecule has 1 atom stereocenters. The molecule has 0 bridgehead atoms. The Morgan fingerprint density at radius 2 is 1.96 bits per heavy atom. The van der Waals surface area contributed by atoms with Crippen molar-refractivity contribution in [3.8, 4) is 0 Å². The van der Waals surface area contributed by atoms with Gasteiger partial charge in [-0.15, -0.1) is 0 Å². The van der Waals surface area contributed by atoms with Gasteiger partial charge in [0.1, 0.15) is 0 Å². The van der Waals surface area contributed by atoms with E-state index in [1.807, 2.05) is 39.9 Å². The van der Waals surface area contributed by atoms with Crippen molar-refractivity contribution in [2.24, 2.45) is 0 Å². The van der Waals surface area contributed by atoms with Gasteiger partial charge >= 0.3 is 0 Å². The highest BCUT2D eigenvalue weighted by Gasteiger charge is 2.30. The van der Waals surface area contributed by atoms with Gasteiger partial charge in [-0.05, 0) is 42.5 Å². The first-order valence-electron chi connectivity index (χ1n) is 9.27. The fourth-order valence-electron chi connectivity index (χ4n) is 4.02. The summed E-state index contributed by atoms with van der Waals surface area (Å²) < 4.78 is 0. The number of halogens is 1. The van der Waals surface area contributed by atoms with E-state index in [0.717, 1.165) is 56.3 Å². The third kappa shape index (κ3) is 3.90. The van der Waals surface area contributed by atoms with Gasteiger partial charge in [0.15, 0.2) is 0 Å². The number of piperazine rings is 1. The van der Waals surface area contributed by atoms with Crippen LogP contribution < -0.4 is 4.90 Å². The first-order valence-corrected chi connectivity index (χ1v) is 10.6. The van der Waals surface area contributed by atoms with Gasteiger partial charge in [0.05, 0.1) is 5.56 Å². The predicted molar refractivity (Wildman–Crippen MR) is 108 cm³/mol. The molecule has 0 spiro atoms. The van der Waals surface area contributed by atoms with Gasteiger partial charge in [0, 0.05) is 61.4 Å². The zero-order valence-corrected chi connectivity index (χ0v) is 16.4. The van der Waals surface area contributed by atoms with Crippen molar-refractivity contribution in [1.82, 2.24) is 9.80 Å². The lowest BCUT2D eigenvalue weighted by atomic mass is 10.0. The average Bonchev–Trinajstić information content (AvgIpc) is 3.22. The van der Waals surface area contributed by atoms with Crippen molar-refractivity contribution in [3.63, 3.8) is 0 Å². The Hall–Kier alpha value is -1.56. The molecule has 4 nitrogen and oxygen atoms in total. The molecule has 138 valence electrons. The Kier molecular flexibility index (Phi) is 5.48. The minimum atomic E-state index is 0.188. The van der Waals surface area contributed by atoms with E-state index in [4.69, 9.17) is 11.6 Å². The van der Waals surface area contributed by atoms with Crippen molar-refractivity contribution in [1.29, 1.82) is 0 Å². The van der Waals surface area contributed by atoms with E-state index in [1.165, 1.54) is 12.1 Å². The number of nitrogens with zero attached hydrogens (tertiary/aromatic N) is 3. The molecule has 2 aliphatic heterocycles. The molecule has 26 heavy (non-hydrogen) atoms. The van der Waals surface area contributed by atoms with Gasteiger partial charge in [-0.1, -0.05) is 17.7 Å². The van der Waals surface area contributed by atoms with Crippen LogP contribution >= 0.6 is 22.9 Å². The summed E-state index contributed by atoms with van der Waals surface area (Å²) >= 11 is 7.72. The van der Waals surface area contributed by atoms with Crippen molar-refractivity contribution in [2.45, 2.75) is 18.9 Å². The first kappa shape index (κ1) is 17.8. The van der Waals surface area contributed by atoms with Gasteiger partial charge in [0.2, 0.25) is 0 Å². The summed E-state index contributed by atoms with van der Waals surface area (Å²) in [7, 11) is 0. The van der Waals surface area contributed by atoms with E-state index < -0.39 is 0 Å². The number of anilines is 1. The molecule has 1 aromatic carbocycles. The second-order valence-electron chi connectivity index (χ2n) is 7.06. The fourth-order valence-corrected chi connectivity index (χ4v) is 4.84. The van der Waals surface area contributed by atoms with E-state index in [2.05, 4.69) is 15.9 Å². The summed E-state index contributed by atoms with van der Waals surface area (Å²) in [6.45, 7) is 5.83. The lowest BCUT2D eigenvalue weighted by Gasteiger charge is -2.44. The van der Waals surface area contributed by atoms with Gasteiger partial charge in [-0.25, -0.2) is 0 Å². The number of rotatable bonds is 3. The molecule has 1 aromatic heterocycles. The standard InChI is InChI=1S/C20H24ClN3OS/c21-17-3-1-4-18(13-17)22-8-10-23(11-9-22)19-5-2-7-24(14-19)20(25)16-6-12-26-15-16/h1,3-4,6,12-13,15,19H,2,5,7-11,14H2/t19-/m1/s1. The fraction of sp³-hybridized carbons (Fsp3) is 0.450. The minimum absolute atomic E-state index is 0.188. The van der Waals surface area contributed by atoms with E-state index in [0.29, 0.717) is 6.04 Å². The van der Waals surface area contributed by atoms with Crippen LogP contribution in [0.5, 0.6) is 0 Å². The Balaban J connectivity index is 1.34. The highest BCUT2D eigenvalue weighted by atomic mass is 35.5. The van der Waals surface area contributed by atoms with Crippen LogP contribution in [0, 0.1) is 0 Å². The SMILES string of the molecule is O=C(c1ccsc1)N1CCC[C@@H](N2CCN(c3cccc(Cl)c3)CC2)C1. The summed E-state index contributed by atoms with van der Waals surface area (Å²) in [5.74, 6) is 0.188. The van der Waals surface area contributed by atoms with Crippen LogP contribution in [0.3, 0.4) is 0 Å². The van der Waals surface area contributed by atoms with Crippen molar-refractivity contribution in [2.75, 3.05) is 44.2 Å². The van der Waals surface area contributed by atoms with Crippen LogP contribution in [0.4, 0.5) is 5.69 Å². The number of piperidine rings is 1. The molecule has 6 heteroatoms. The Morgan fingerprint density at radius 1 is 1.12 bits per heavy atom. The Labute approximate surface area is 164 Å². The molecule has 0 aliphatic carbocycles. The highest BCUT2D eigenvalue weighted by molar-refractivity contribution is 7.08. The number of carbonyl (C=O) groups excluding carboxylic acids is 1. The lowest BCUT2D eigenvalue weighted by molar-refractivity contribution is 0.0564. The number of likely N-dealkylation sites (tertiary alicyclic amines) is 1. The predicted octanol–water partition coefficient (Wildman–Crippen LogP) is 3.83. The monoisotopic (exact) mass is 389 g/mol. The largest absolute Gasteiger partial charge is 0.369 e. The molecule has 2 fully saturated rings. The van der Waals surface area contributed by atoms with Gasteiger partial charge in [-0.3, -0.25) is 9.69 Å². The van der Waals surface area contributed by atoms with Gasteiger partial charge in [-0.2, -0.15) is 11.3 Å². The first-order chi connectivity index (χ1) is 12.7. The molecule has 1 amide bonds. The normalized spacial score (nSPS) is 21.8. The number of hydrogen-bond acceptors (Lipinski definition) is 4. The maximum absolute atomic E-state index is 12.7. The van der Waals surface area contributed by atoms with E-state index in [1.54, 1.807) is 11.3 Å². The molecule has 0 N–H and O–H groups in total. The summed E-state index contributed by atoms with van der Waals surface area (Å²) in [5.41, 5.74) is 2.04. The number of carbonyl (C=O) groups is 1. The molecule has 4 rings (SSSR count). The van der Waals surface area contributed by atoms with Crippen LogP contribution in [0.25, 0.3) is 0 Å². The molecule has 2 aromatic rings. The van der Waals surface area contributed by atoms with E-state index >= 15 is 0 Å². The molecule has 3 heterocycles. The highest BCUT2D eigenvalue weighted by Crippen LogP contribution is 2.24. The topological polar surface area (TPSA) is 26.8 Å². The zero-order chi connectivity index (χ0) is 17.9. The molecular weight excluding hydrogens is 366 g/mol. The summed E-state index contributed by atoms with van der Waals surface area (Å²) in [4.78, 5) is 19.7. The van der Waals surface area contributed by atoms with Crippen LogP contribution in [0.1, 0.15) is 23.2 Å². The average molecular weight is 390 g/mol. The quantitative estimate of drug-likeness (QED) is 0.798. The summed E-state index contributed by atoms with van der Waals surface area (Å²) in [5, 5.41) is 4.72. The number of benzene rings is 1. The zero-order valence-electron chi connectivity index (χ0n) is 14.8. The molecule has 0 saturated carbocycles.